The normalized spacial score (nSPS) is 20.5. The van der Waals surface area contributed by atoms with Gasteiger partial charge < -0.3 is 15.1 Å². The molecular weight excluding hydrogens is 397 g/mol. The highest BCUT2D eigenvalue weighted by atomic mass is 35.5. The Morgan fingerprint density at radius 2 is 1.96 bits per heavy atom. The monoisotopic (exact) mass is 433 g/mol. The SMILES string of the molecule is CCN(CCN1CCCCCC1)C(=O)Cn1nccc1C1CCCNC1.Cl.Cl. The third-order valence-electron chi connectivity index (χ3n) is 5.87. The molecule has 1 unspecified atom stereocenters. The zero-order valence-corrected chi connectivity index (χ0v) is 18.8. The number of hydrogen-bond acceptors (Lipinski definition) is 4. The number of likely N-dealkylation sites (N-methyl/N-ethyl adjacent to an activating group) is 1. The number of nitrogens with zero attached hydrogens (tertiary/aromatic N) is 4. The van der Waals surface area contributed by atoms with Gasteiger partial charge in [0, 0.05) is 44.0 Å². The molecule has 0 saturated carbocycles. The fourth-order valence-corrected chi connectivity index (χ4v) is 4.24. The van der Waals surface area contributed by atoms with Crippen molar-refractivity contribution in [2.45, 2.75) is 57.9 Å². The van der Waals surface area contributed by atoms with Gasteiger partial charge in [-0.3, -0.25) is 9.48 Å². The van der Waals surface area contributed by atoms with E-state index in [2.05, 4.69) is 28.3 Å². The molecule has 0 aromatic carbocycles. The van der Waals surface area contributed by atoms with Crippen LogP contribution in [0.5, 0.6) is 0 Å². The average Bonchev–Trinajstić information content (AvgIpc) is 2.96. The molecule has 1 aromatic heterocycles. The van der Waals surface area contributed by atoms with Gasteiger partial charge in [0.25, 0.3) is 0 Å². The summed E-state index contributed by atoms with van der Waals surface area (Å²) < 4.78 is 1.93. The maximum absolute atomic E-state index is 12.8. The summed E-state index contributed by atoms with van der Waals surface area (Å²) in [5.74, 6) is 0.669. The van der Waals surface area contributed by atoms with Crippen molar-refractivity contribution in [1.29, 1.82) is 0 Å². The Morgan fingerprint density at radius 3 is 2.61 bits per heavy atom. The van der Waals surface area contributed by atoms with Crippen LogP contribution in [0.1, 0.15) is 57.1 Å². The van der Waals surface area contributed by atoms with Gasteiger partial charge in [0.05, 0.1) is 0 Å². The molecular formula is C20H37Cl2N5O. The van der Waals surface area contributed by atoms with Crippen LogP contribution in [0.2, 0.25) is 0 Å². The van der Waals surface area contributed by atoms with Gasteiger partial charge in [-0.2, -0.15) is 5.10 Å². The number of aromatic nitrogens is 2. The molecule has 2 saturated heterocycles. The summed E-state index contributed by atoms with van der Waals surface area (Å²) in [7, 11) is 0. The lowest BCUT2D eigenvalue weighted by atomic mass is 9.96. The summed E-state index contributed by atoms with van der Waals surface area (Å²) in [6, 6.07) is 2.08. The predicted octanol–water partition coefficient (Wildman–Crippen LogP) is 2.92. The van der Waals surface area contributed by atoms with Crippen LogP contribution >= 0.6 is 24.8 Å². The largest absolute Gasteiger partial charge is 0.340 e. The van der Waals surface area contributed by atoms with E-state index in [4.69, 9.17) is 0 Å². The molecule has 6 nitrogen and oxygen atoms in total. The molecule has 162 valence electrons. The third-order valence-corrected chi connectivity index (χ3v) is 5.87. The topological polar surface area (TPSA) is 53.4 Å². The molecule has 3 heterocycles. The van der Waals surface area contributed by atoms with E-state index >= 15 is 0 Å². The van der Waals surface area contributed by atoms with Crippen molar-refractivity contribution < 1.29 is 4.79 Å². The van der Waals surface area contributed by atoms with E-state index in [1.807, 2.05) is 15.8 Å². The number of rotatable bonds is 7. The fourth-order valence-electron chi connectivity index (χ4n) is 4.24. The van der Waals surface area contributed by atoms with E-state index in [0.29, 0.717) is 12.5 Å². The molecule has 28 heavy (non-hydrogen) atoms. The minimum atomic E-state index is 0. The summed E-state index contributed by atoms with van der Waals surface area (Å²) in [6.07, 6.45) is 9.51. The van der Waals surface area contributed by atoms with Crippen molar-refractivity contribution in [2.24, 2.45) is 0 Å². The molecule has 8 heteroatoms. The van der Waals surface area contributed by atoms with E-state index in [0.717, 1.165) is 32.7 Å². The van der Waals surface area contributed by atoms with Gasteiger partial charge in [-0.1, -0.05) is 12.8 Å². The van der Waals surface area contributed by atoms with Crippen LogP contribution in [0, 0.1) is 0 Å². The molecule has 2 fully saturated rings. The van der Waals surface area contributed by atoms with Gasteiger partial charge in [0.15, 0.2) is 0 Å². The van der Waals surface area contributed by atoms with E-state index in [1.165, 1.54) is 57.3 Å². The number of piperidine rings is 1. The van der Waals surface area contributed by atoms with E-state index in [-0.39, 0.29) is 30.7 Å². The van der Waals surface area contributed by atoms with Crippen LogP contribution in [0.25, 0.3) is 0 Å². The smallest absolute Gasteiger partial charge is 0.244 e. The Hall–Kier alpha value is -0.820. The molecule has 0 bridgehead atoms. The Labute approximate surface area is 182 Å². The van der Waals surface area contributed by atoms with Gasteiger partial charge in [-0.15, -0.1) is 24.8 Å². The molecule has 2 aliphatic rings. The first-order chi connectivity index (χ1) is 12.8. The van der Waals surface area contributed by atoms with Crippen LogP contribution < -0.4 is 5.32 Å². The van der Waals surface area contributed by atoms with Gasteiger partial charge >= 0.3 is 0 Å². The van der Waals surface area contributed by atoms with Crippen molar-refractivity contribution in [2.75, 3.05) is 45.8 Å². The highest BCUT2D eigenvalue weighted by Gasteiger charge is 2.21. The summed E-state index contributed by atoms with van der Waals surface area (Å²) in [4.78, 5) is 17.4. The number of likely N-dealkylation sites (tertiary alicyclic amines) is 1. The number of hydrogen-bond donors (Lipinski definition) is 1. The van der Waals surface area contributed by atoms with Crippen LogP contribution in [-0.2, 0) is 11.3 Å². The lowest BCUT2D eigenvalue weighted by Crippen LogP contribution is -2.41. The highest BCUT2D eigenvalue weighted by molar-refractivity contribution is 5.85. The van der Waals surface area contributed by atoms with E-state index < -0.39 is 0 Å². The third kappa shape index (κ3) is 7.21. The van der Waals surface area contributed by atoms with Crippen LogP contribution in [0.3, 0.4) is 0 Å². The van der Waals surface area contributed by atoms with E-state index in [9.17, 15) is 4.79 Å². The zero-order valence-electron chi connectivity index (χ0n) is 17.1. The number of carbonyl (C=O) groups is 1. The Bertz CT molecular complexity index is 555. The van der Waals surface area contributed by atoms with Gasteiger partial charge in [0.1, 0.15) is 6.54 Å². The molecule has 1 N–H and O–H groups in total. The number of halogens is 2. The van der Waals surface area contributed by atoms with Crippen molar-refractivity contribution in [3.8, 4) is 0 Å². The molecule has 0 radical (unpaired) electrons. The summed E-state index contributed by atoms with van der Waals surface area (Å²) in [5, 5.41) is 7.90. The molecule has 1 amide bonds. The molecule has 2 aliphatic heterocycles. The predicted molar refractivity (Wildman–Crippen MR) is 119 cm³/mol. The first-order valence-corrected chi connectivity index (χ1v) is 10.5. The van der Waals surface area contributed by atoms with Crippen LogP contribution in [0.4, 0.5) is 0 Å². The number of nitrogens with one attached hydrogen (secondary N) is 1. The second kappa shape index (κ2) is 13.4. The van der Waals surface area contributed by atoms with Crippen LogP contribution in [-0.4, -0.2) is 71.3 Å². The minimum Gasteiger partial charge on any atom is -0.340 e. The first-order valence-electron chi connectivity index (χ1n) is 10.5. The van der Waals surface area contributed by atoms with Gasteiger partial charge in [-0.05, 0) is 58.3 Å². The number of carbonyl (C=O) groups excluding carboxylic acids is 1. The average molecular weight is 434 g/mol. The fraction of sp³-hybridized carbons (Fsp3) is 0.800. The molecule has 3 rings (SSSR count). The Kier molecular flexibility index (Phi) is 12.1. The van der Waals surface area contributed by atoms with Crippen molar-refractivity contribution in [1.82, 2.24) is 24.9 Å². The molecule has 0 spiro atoms. The lowest BCUT2D eigenvalue weighted by molar-refractivity contribution is -0.132. The summed E-state index contributed by atoms with van der Waals surface area (Å²) >= 11 is 0. The quantitative estimate of drug-likeness (QED) is 0.717. The molecule has 0 aliphatic carbocycles. The number of amides is 1. The van der Waals surface area contributed by atoms with Crippen LogP contribution in [0.15, 0.2) is 12.3 Å². The minimum absolute atomic E-state index is 0. The molecule has 1 aromatic rings. The molecule has 1 atom stereocenters. The van der Waals surface area contributed by atoms with Crippen molar-refractivity contribution in [3.05, 3.63) is 18.0 Å². The highest BCUT2D eigenvalue weighted by Crippen LogP contribution is 2.22. The lowest BCUT2D eigenvalue weighted by Gasteiger charge is -2.27. The van der Waals surface area contributed by atoms with E-state index in [1.54, 1.807) is 0 Å². The van der Waals surface area contributed by atoms with Crippen molar-refractivity contribution in [3.63, 3.8) is 0 Å². The summed E-state index contributed by atoms with van der Waals surface area (Å²) in [5.41, 5.74) is 1.20. The van der Waals surface area contributed by atoms with Crippen molar-refractivity contribution >= 4 is 30.7 Å². The Balaban J connectivity index is 0.00000196. The maximum atomic E-state index is 12.8. The standard InChI is InChI=1S/C20H35N5O.2ClH/c1-2-24(15-14-23-12-5-3-4-6-13-23)20(26)17-25-19(9-11-22-25)18-8-7-10-21-16-18;;/h9,11,18,21H,2-8,10,12-17H2,1H3;2*1H. The zero-order chi connectivity index (χ0) is 18.2. The Morgan fingerprint density at radius 1 is 1.21 bits per heavy atom. The second-order valence-corrected chi connectivity index (χ2v) is 7.69. The van der Waals surface area contributed by atoms with Gasteiger partial charge in [-0.25, -0.2) is 0 Å². The summed E-state index contributed by atoms with van der Waals surface area (Å²) in [6.45, 7) is 9.51. The first kappa shape index (κ1) is 25.2. The maximum Gasteiger partial charge on any atom is 0.244 e. The van der Waals surface area contributed by atoms with Gasteiger partial charge in [0.2, 0.25) is 5.91 Å². The second-order valence-electron chi connectivity index (χ2n) is 7.69.